The van der Waals surface area contributed by atoms with E-state index < -0.39 is 0 Å². The van der Waals surface area contributed by atoms with Crippen molar-refractivity contribution in [3.8, 4) is 11.8 Å². The van der Waals surface area contributed by atoms with Crippen LogP contribution in [0.1, 0.15) is 17.2 Å². The molecule has 1 aromatic heterocycles. The van der Waals surface area contributed by atoms with E-state index in [0.717, 1.165) is 5.56 Å². The average Bonchev–Trinajstić information content (AvgIpc) is 2.46. The zero-order valence-corrected chi connectivity index (χ0v) is 9.78. The van der Waals surface area contributed by atoms with Crippen molar-refractivity contribution in [2.45, 2.75) is 6.10 Å². The number of nitrogens with two attached hydrogens (primary N) is 1. The van der Waals surface area contributed by atoms with Crippen LogP contribution >= 0.6 is 0 Å². The first-order valence-corrected chi connectivity index (χ1v) is 5.60. The van der Waals surface area contributed by atoms with E-state index in [4.69, 9.17) is 15.7 Å². The lowest BCUT2D eigenvalue weighted by atomic mass is 10.1. The maximum Gasteiger partial charge on any atom is 0.137 e. The van der Waals surface area contributed by atoms with Gasteiger partial charge in [-0.2, -0.15) is 5.26 Å². The molecular formula is C14H13N3O. The van der Waals surface area contributed by atoms with Crippen LogP contribution in [-0.4, -0.2) is 11.5 Å². The molecule has 0 amide bonds. The Hall–Kier alpha value is -2.38. The third-order valence-corrected chi connectivity index (χ3v) is 2.51. The Kier molecular flexibility index (Phi) is 3.90. The summed E-state index contributed by atoms with van der Waals surface area (Å²) in [6.45, 7) is 0.350. The molecule has 2 rings (SSSR count). The maximum atomic E-state index is 8.83. The fourth-order valence-electron chi connectivity index (χ4n) is 1.62. The molecule has 4 nitrogen and oxygen atoms in total. The molecule has 0 aliphatic heterocycles. The summed E-state index contributed by atoms with van der Waals surface area (Å²) in [5.74, 6) is 0.633. The maximum absolute atomic E-state index is 8.83. The highest BCUT2D eigenvalue weighted by atomic mass is 16.5. The van der Waals surface area contributed by atoms with Crippen molar-refractivity contribution in [3.63, 3.8) is 0 Å². The molecule has 0 bridgehead atoms. The van der Waals surface area contributed by atoms with Gasteiger partial charge in [0.05, 0.1) is 11.6 Å². The molecule has 0 saturated carbocycles. The van der Waals surface area contributed by atoms with Gasteiger partial charge in [0.1, 0.15) is 11.9 Å². The van der Waals surface area contributed by atoms with Crippen LogP contribution in [0.15, 0.2) is 48.8 Å². The van der Waals surface area contributed by atoms with Crippen LogP contribution in [0.5, 0.6) is 5.75 Å². The molecule has 1 aromatic carbocycles. The van der Waals surface area contributed by atoms with Gasteiger partial charge in [-0.05, 0) is 24.3 Å². The average molecular weight is 239 g/mol. The van der Waals surface area contributed by atoms with Gasteiger partial charge in [-0.25, -0.2) is 0 Å². The van der Waals surface area contributed by atoms with Gasteiger partial charge in [0.15, 0.2) is 0 Å². The predicted octanol–water partition coefficient (Wildman–Crippen LogP) is 2.03. The summed E-state index contributed by atoms with van der Waals surface area (Å²) in [5.41, 5.74) is 7.19. The second-order valence-electron chi connectivity index (χ2n) is 3.77. The van der Waals surface area contributed by atoms with Crippen LogP contribution in [0, 0.1) is 11.3 Å². The Bertz CT molecular complexity index is 548. The number of hydrogen-bond donors (Lipinski definition) is 1. The van der Waals surface area contributed by atoms with Crippen molar-refractivity contribution in [2.75, 3.05) is 6.54 Å². The van der Waals surface area contributed by atoms with Gasteiger partial charge in [0, 0.05) is 24.5 Å². The van der Waals surface area contributed by atoms with Gasteiger partial charge in [0.2, 0.25) is 0 Å². The monoisotopic (exact) mass is 239 g/mol. The van der Waals surface area contributed by atoms with Crippen LogP contribution in [0.25, 0.3) is 0 Å². The van der Waals surface area contributed by atoms with Crippen molar-refractivity contribution in [2.24, 2.45) is 5.73 Å². The first-order valence-electron chi connectivity index (χ1n) is 5.60. The molecule has 0 aliphatic rings. The van der Waals surface area contributed by atoms with Crippen molar-refractivity contribution < 1.29 is 4.74 Å². The molecule has 4 heteroatoms. The van der Waals surface area contributed by atoms with Crippen molar-refractivity contribution in [1.82, 2.24) is 4.98 Å². The summed E-state index contributed by atoms with van der Waals surface area (Å²) in [6.07, 6.45) is 3.17. The number of nitriles is 1. The van der Waals surface area contributed by atoms with Gasteiger partial charge in [0.25, 0.3) is 0 Å². The lowest BCUT2D eigenvalue weighted by molar-refractivity contribution is 0.214. The Morgan fingerprint density at radius 2 is 2.22 bits per heavy atom. The quantitative estimate of drug-likeness (QED) is 0.886. The fourth-order valence-corrected chi connectivity index (χ4v) is 1.62. The number of nitrogens with zero attached hydrogens (tertiary/aromatic N) is 2. The van der Waals surface area contributed by atoms with Gasteiger partial charge >= 0.3 is 0 Å². The van der Waals surface area contributed by atoms with E-state index in [1.807, 2.05) is 12.1 Å². The lowest BCUT2D eigenvalue weighted by Crippen LogP contribution is -2.18. The molecule has 1 atom stereocenters. The summed E-state index contributed by atoms with van der Waals surface area (Å²) >= 11 is 0. The molecule has 0 saturated heterocycles. The smallest absolute Gasteiger partial charge is 0.137 e. The highest BCUT2D eigenvalue weighted by Crippen LogP contribution is 2.21. The third-order valence-electron chi connectivity index (χ3n) is 2.51. The summed E-state index contributed by atoms with van der Waals surface area (Å²) in [7, 11) is 0. The predicted molar refractivity (Wildman–Crippen MR) is 67.8 cm³/mol. The normalized spacial score (nSPS) is 11.6. The van der Waals surface area contributed by atoms with Crippen molar-refractivity contribution in [1.29, 1.82) is 5.26 Å². The van der Waals surface area contributed by atoms with E-state index in [-0.39, 0.29) is 6.10 Å². The van der Waals surface area contributed by atoms with E-state index in [1.165, 1.54) is 0 Å². The van der Waals surface area contributed by atoms with Crippen LogP contribution in [0.3, 0.4) is 0 Å². The molecule has 2 aromatic rings. The molecular weight excluding hydrogens is 226 g/mol. The van der Waals surface area contributed by atoms with E-state index >= 15 is 0 Å². The Morgan fingerprint density at radius 3 is 2.89 bits per heavy atom. The summed E-state index contributed by atoms with van der Waals surface area (Å²) in [4.78, 5) is 4.04. The molecule has 90 valence electrons. The fraction of sp³-hybridized carbons (Fsp3) is 0.143. The second-order valence-corrected chi connectivity index (χ2v) is 3.77. The first-order chi connectivity index (χ1) is 8.83. The highest BCUT2D eigenvalue weighted by Gasteiger charge is 2.11. The molecule has 0 radical (unpaired) electrons. The van der Waals surface area contributed by atoms with Gasteiger partial charge in [-0.15, -0.1) is 0 Å². The number of benzene rings is 1. The van der Waals surface area contributed by atoms with Crippen LogP contribution in [0.2, 0.25) is 0 Å². The SMILES string of the molecule is N#Cc1cccc(OC(CN)c2cccnc2)c1. The van der Waals surface area contributed by atoms with Gasteiger partial charge in [-0.1, -0.05) is 12.1 Å². The lowest BCUT2D eigenvalue weighted by Gasteiger charge is -2.17. The zero-order valence-electron chi connectivity index (χ0n) is 9.78. The second kappa shape index (κ2) is 5.80. The standard InChI is InChI=1S/C14H13N3O/c15-8-11-3-1-5-13(7-11)18-14(9-16)12-4-2-6-17-10-12/h1-7,10,14H,9,16H2. The largest absolute Gasteiger partial charge is 0.484 e. The van der Waals surface area contributed by atoms with Crippen LogP contribution in [-0.2, 0) is 0 Å². The molecule has 1 unspecified atom stereocenters. The summed E-state index contributed by atoms with van der Waals surface area (Å²) in [6, 6.07) is 12.8. The molecule has 18 heavy (non-hydrogen) atoms. The Labute approximate surface area is 106 Å². The van der Waals surface area contributed by atoms with Crippen molar-refractivity contribution in [3.05, 3.63) is 59.9 Å². The minimum Gasteiger partial charge on any atom is -0.484 e. The van der Waals surface area contributed by atoms with Gasteiger partial charge < -0.3 is 10.5 Å². The number of aromatic nitrogens is 1. The van der Waals surface area contributed by atoms with E-state index in [2.05, 4.69) is 11.1 Å². The van der Waals surface area contributed by atoms with E-state index in [0.29, 0.717) is 17.9 Å². The topological polar surface area (TPSA) is 71.9 Å². The summed E-state index contributed by atoms with van der Waals surface area (Å²) in [5, 5.41) is 8.83. The molecule has 1 heterocycles. The Balaban J connectivity index is 2.18. The number of hydrogen-bond acceptors (Lipinski definition) is 4. The van der Waals surface area contributed by atoms with Crippen molar-refractivity contribution >= 4 is 0 Å². The van der Waals surface area contributed by atoms with Gasteiger partial charge in [-0.3, -0.25) is 4.98 Å². The first kappa shape index (κ1) is 12.1. The number of rotatable bonds is 4. The van der Waals surface area contributed by atoms with Crippen LogP contribution < -0.4 is 10.5 Å². The molecule has 0 aliphatic carbocycles. The minimum atomic E-state index is -0.257. The number of pyridine rings is 1. The molecule has 2 N–H and O–H groups in total. The van der Waals surface area contributed by atoms with E-state index in [1.54, 1.807) is 36.7 Å². The highest BCUT2D eigenvalue weighted by molar-refractivity contribution is 5.36. The minimum absolute atomic E-state index is 0.257. The zero-order chi connectivity index (χ0) is 12.8. The summed E-state index contributed by atoms with van der Waals surface area (Å²) < 4.78 is 5.78. The molecule has 0 spiro atoms. The number of ether oxygens (including phenoxy) is 1. The van der Waals surface area contributed by atoms with E-state index in [9.17, 15) is 0 Å². The molecule has 0 fully saturated rings. The Morgan fingerprint density at radius 1 is 1.33 bits per heavy atom. The third kappa shape index (κ3) is 2.84. The van der Waals surface area contributed by atoms with Crippen LogP contribution in [0.4, 0.5) is 0 Å².